The maximum atomic E-state index is 10.7. The van der Waals surface area contributed by atoms with E-state index in [1.807, 2.05) is 6.92 Å². The lowest BCUT2D eigenvalue weighted by Crippen LogP contribution is -2.36. The standard InChI is InChI=1S/C16H16ClN3O2S/c1-10-15(23-16(19-10)20-5-7-22-8-6-20)14(21)12-9-11(18-2)3-4-13(12)17/h3-4,9,14,21H,5-8H2,1H3. The number of nitrogens with zero attached hydrogens (tertiary/aromatic N) is 3. The van der Waals surface area contributed by atoms with Gasteiger partial charge in [0.1, 0.15) is 6.10 Å². The number of rotatable bonds is 3. The van der Waals surface area contributed by atoms with Crippen LogP contribution in [-0.4, -0.2) is 36.4 Å². The van der Waals surface area contributed by atoms with Crippen molar-refractivity contribution in [3.63, 3.8) is 0 Å². The number of ether oxygens (including phenoxy) is 1. The summed E-state index contributed by atoms with van der Waals surface area (Å²) in [4.78, 5) is 10.9. The Morgan fingerprint density at radius 2 is 2.17 bits per heavy atom. The average Bonchev–Trinajstić information content (AvgIpc) is 2.97. The molecule has 1 atom stereocenters. The van der Waals surface area contributed by atoms with Crippen molar-refractivity contribution in [3.8, 4) is 0 Å². The lowest BCUT2D eigenvalue weighted by Gasteiger charge is -2.26. The van der Waals surface area contributed by atoms with Crippen LogP contribution in [0.25, 0.3) is 4.85 Å². The fraction of sp³-hybridized carbons (Fsp3) is 0.375. The number of aryl methyl sites for hydroxylation is 1. The molecule has 7 heteroatoms. The van der Waals surface area contributed by atoms with Gasteiger partial charge >= 0.3 is 0 Å². The molecule has 0 amide bonds. The normalized spacial score (nSPS) is 16.2. The van der Waals surface area contributed by atoms with Crippen LogP contribution in [-0.2, 0) is 4.74 Å². The minimum absolute atomic E-state index is 0.450. The summed E-state index contributed by atoms with van der Waals surface area (Å²) in [5.74, 6) is 0. The van der Waals surface area contributed by atoms with Crippen LogP contribution in [0.1, 0.15) is 22.2 Å². The average molecular weight is 350 g/mol. The monoisotopic (exact) mass is 349 g/mol. The minimum atomic E-state index is -0.878. The predicted octanol–water partition coefficient (Wildman–Crippen LogP) is 3.57. The zero-order chi connectivity index (χ0) is 16.4. The summed E-state index contributed by atoms with van der Waals surface area (Å²) in [5.41, 5.74) is 1.78. The molecule has 0 bridgehead atoms. The smallest absolute Gasteiger partial charge is 0.187 e. The molecule has 1 fully saturated rings. The van der Waals surface area contributed by atoms with E-state index >= 15 is 0 Å². The van der Waals surface area contributed by atoms with Gasteiger partial charge in [0.05, 0.1) is 30.4 Å². The van der Waals surface area contributed by atoms with E-state index in [0.717, 1.165) is 28.8 Å². The van der Waals surface area contributed by atoms with Crippen molar-refractivity contribution in [2.45, 2.75) is 13.0 Å². The maximum absolute atomic E-state index is 10.7. The quantitative estimate of drug-likeness (QED) is 0.860. The van der Waals surface area contributed by atoms with Crippen LogP contribution in [0.2, 0.25) is 5.02 Å². The summed E-state index contributed by atoms with van der Waals surface area (Å²) in [5, 5.41) is 12.1. The van der Waals surface area contributed by atoms with Crippen molar-refractivity contribution in [1.29, 1.82) is 0 Å². The van der Waals surface area contributed by atoms with Gasteiger partial charge < -0.3 is 14.7 Å². The fourth-order valence-corrected chi connectivity index (χ4v) is 3.83. The molecule has 1 N–H and O–H groups in total. The first-order valence-corrected chi connectivity index (χ1v) is 8.44. The van der Waals surface area contributed by atoms with Crippen LogP contribution >= 0.6 is 22.9 Å². The summed E-state index contributed by atoms with van der Waals surface area (Å²) in [6, 6.07) is 4.92. The third kappa shape index (κ3) is 3.33. The van der Waals surface area contributed by atoms with Crippen LogP contribution < -0.4 is 4.90 Å². The fourth-order valence-electron chi connectivity index (χ4n) is 2.49. The SMILES string of the molecule is [C-]#[N+]c1ccc(Cl)c(C(O)c2sc(N3CCOCC3)nc2C)c1. The molecule has 1 aromatic carbocycles. The topological polar surface area (TPSA) is 50.0 Å². The minimum Gasteiger partial charge on any atom is -0.383 e. The molecule has 1 unspecified atom stereocenters. The number of anilines is 1. The van der Waals surface area contributed by atoms with E-state index in [4.69, 9.17) is 22.9 Å². The molecule has 0 saturated carbocycles. The molecule has 0 aliphatic carbocycles. The number of hydrogen-bond acceptors (Lipinski definition) is 5. The number of benzene rings is 1. The van der Waals surface area contributed by atoms with E-state index in [9.17, 15) is 5.11 Å². The van der Waals surface area contributed by atoms with Gasteiger partial charge in [-0.05, 0) is 18.6 Å². The number of aliphatic hydroxyl groups excluding tert-OH is 1. The molecule has 1 aromatic heterocycles. The Kier molecular flexibility index (Phi) is 4.83. The number of thiazole rings is 1. The lowest BCUT2D eigenvalue weighted by atomic mass is 10.1. The van der Waals surface area contributed by atoms with Gasteiger partial charge in [-0.1, -0.05) is 35.1 Å². The zero-order valence-corrected chi connectivity index (χ0v) is 14.2. The molecule has 23 heavy (non-hydrogen) atoms. The van der Waals surface area contributed by atoms with E-state index in [-0.39, 0.29) is 0 Å². The van der Waals surface area contributed by atoms with Gasteiger partial charge in [0, 0.05) is 18.1 Å². The molecule has 0 spiro atoms. The molecular weight excluding hydrogens is 334 g/mol. The number of morpholine rings is 1. The van der Waals surface area contributed by atoms with Gasteiger partial charge in [0.15, 0.2) is 10.8 Å². The molecule has 0 radical (unpaired) electrons. The Morgan fingerprint density at radius 1 is 1.43 bits per heavy atom. The molecule has 1 saturated heterocycles. The number of halogens is 1. The van der Waals surface area contributed by atoms with E-state index in [2.05, 4.69) is 14.7 Å². The second-order valence-electron chi connectivity index (χ2n) is 5.27. The van der Waals surface area contributed by atoms with Crippen molar-refractivity contribution < 1.29 is 9.84 Å². The molecule has 5 nitrogen and oxygen atoms in total. The van der Waals surface area contributed by atoms with E-state index in [0.29, 0.717) is 29.5 Å². The molecule has 1 aliphatic heterocycles. The molecule has 2 heterocycles. The Bertz CT molecular complexity index is 750. The molecule has 3 rings (SSSR count). The Balaban J connectivity index is 1.92. The first kappa shape index (κ1) is 16.2. The highest BCUT2D eigenvalue weighted by Crippen LogP contribution is 2.38. The first-order valence-electron chi connectivity index (χ1n) is 7.25. The van der Waals surface area contributed by atoms with E-state index in [1.165, 1.54) is 11.3 Å². The number of aliphatic hydroxyl groups is 1. The van der Waals surface area contributed by atoms with Crippen LogP contribution in [0.15, 0.2) is 18.2 Å². The second kappa shape index (κ2) is 6.85. The van der Waals surface area contributed by atoms with Gasteiger partial charge in [-0.25, -0.2) is 9.83 Å². The molecular formula is C16H16ClN3O2S. The predicted molar refractivity (Wildman–Crippen MR) is 91.7 cm³/mol. The Labute approximate surface area is 143 Å². The van der Waals surface area contributed by atoms with Crippen molar-refractivity contribution in [2.75, 3.05) is 31.2 Å². The Morgan fingerprint density at radius 3 is 2.87 bits per heavy atom. The zero-order valence-electron chi connectivity index (χ0n) is 12.6. The van der Waals surface area contributed by atoms with Crippen molar-refractivity contribution in [3.05, 3.63) is 50.8 Å². The highest BCUT2D eigenvalue weighted by molar-refractivity contribution is 7.15. The Hall–Kier alpha value is -1.65. The molecule has 120 valence electrons. The lowest BCUT2D eigenvalue weighted by molar-refractivity contribution is 0.122. The van der Waals surface area contributed by atoms with Crippen LogP contribution in [0.3, 0.4) is 0 Å². The summed E-state index contributed by atoms with van der Waals surface area (Å²) >= 11 is 7.66. The highest BCUT2D eigenvalue weighted by Gasteiger charge is 2.23. The van der Waals surface area contributed by atoms with Crippen molar-refractivity contribution in [1.82, 2.24) is 4.98 Å². The number of hydrogen-bond donors (Lipinski definition) is 1. The molecule has 1 aliphatic rings. The summed E-state index contributed by atoms with van der Waals surface area (Å²) in [7, 11) is 0. The van der Waals surface area contributed by atoms with E-state index in [1.54, 1.807) is 18.2 Å². The summed E-state index contributed by atoms with van der Waals surface area (Å²) < 4.78 is 5.36. The van der Waals surface area contributed by atoms with Gasteiger partial charge in [0.2, 0.25) is 0 Å². The third-order valence-corrected chi connectivity index (χ3v) is 5.37. The van der Waals surface area contributed by atoms with Crippen LogP contribution in [0, 0.1) is 13.5 Å². The summed E-state index contributed by atoms with van der Waals surface area (Å²) in [6.07, 6.45) is -0.878. The first-order chi connectivity index (χ1) is 11.1. The maximum Gasteiger partial charge on any atom is 0.187 e. The largest absolute Gasteiger partial charge is 0.383 e. The van der Waals surface area contributed by atoms with Crippen LogP contribution in [0.4, 0.5) is 10.8 Å². The van der Waals surface area contributed by atoms with Crippen LogP contribution in [0.5, 0.6) is 0 Å². The van der Waals surface area contributed by atoms with Crippen molar-refractivity contribution >= 4 is 33.8 Å². The summed E-state index contributed by atoms with van der Waals surface area (Å²) in [6.45, 7) is 12.0. The van der Waals surface area contributed by atoms with Gasteiger partial charge in [0.25, 0.3) is 0 Å². The molecule has 2 aromatic rings. The number of aromatic nitrogens is 1. The van der Waals surface area contributed by atoms with Gasteiger partial charge in [-0.2, -0.15) is 0 Å². The van der Waals surface area contributed by atoms with E-state index < -0.39 is 6.10 Å². The van der Waals surface area contributed by atoms with Gasteiger partial charge in [-0.15, -0.1) is 0 Å². The second-order valence-corrected chi connectivity index (χ2v) is 6.68. The van der Waals surface area contributed by atoms with Gasteiger partial charge in [-0.3, -0.25) is 0 Å². The van der Waals surface area contributed by atoms with Crippen molar-refractivity contribution in [2.24, 2.45) is 0 Å². The third-order valence-electron chi connectivity index (χ3n) is 3.75. The highest BCUT2D eigenvalue weighted by atomic mass is 35.5.